The molecule has 2 rings (SSSR count). The molecular weight excluding hydrogens is 368 g/mol. The Labute approximate surface area is 161 Å². The summed E-state index contributed by atoms with van der Waals surface area (Å²) < 4.78 is 0. The van der Waals surface area contributed by atoms with Crippen molar-refractivity contribution >= 4 is 23.7 Å². The van der Waals surface area contributed by atoms with E-state index in [1.807, 2.05) is 0 Å². The number of carboxylic acid groups (broad SMARTS) is 1. The van der Waals surface area contributed by atoms with E-state index in [-0.39, 0.29) is 24.6 Å². The van der Waals surface area contributed by atoms with Gasteiger partial charge in [0.15, 0.2) is 0 Å². The van der Waals surface area contributed by atoms with Crippen molar-refractivity contribution in [3.63, 3.8) is 0 Å². The fourth-order valence-corrected chi connectivity index (χ4v) is 3.01. The standard InChI is InChI=1S/C18H24N4O6/c19-13(8-11-3-5-12(23)6-4-11)18(28)22-7-1-2-14(22)17(27)21-9-15(24)20-10-16(25)26/h3-6,13-14,23H,1-2,7-10,19H2,(H,20,24)(H,21,27)(H,25,26)/t13-,14+/m1/s1. The van der Waals surface area contributed by atoms with Crippen LogP contribution in [-0.2, 0) is 25.6 Å². The van der Waals surface area contributed by atoms with E-state index in [2.05, 4.69) is 10.6 Å². The van der Waals surface area contributed by atoms with Crippen LogP contribution in [0.1, 0.15) is 18.4 Å². The second-order valence-corrected chi connectivity index (χ2v) is 6.55. The molecule has 28 heavy (non-hydrogen) atoms. The average Bonchev–Trinajstić information content (AvgIpc) is 3.15. The topological polar surface area (TPSA) is 162 Å². The second-order valence-electron chi connectivity index (χ2n) is 6.55. The number of phenolic OH excluding ortho intramolecular Hbond substituents is 1. The van der Waals surface area contributed by atoms with Crippen molar-refractivity contribution in [2.45, 2.75) is 31.3 Å². The first-order valence-electron chi connectivity index (χ1n) is 8.88. The molecular formula is C18H24N4O6. The maximum absolute atomic E-state index is 12.7. The molecule has 2 atom stereocenters. The van der Waals surface area contributed by atoms with E-state index in [4.69, 9.17) is 10.8 Å². The lowest BCUT2D eigenvalue weighted by molar-refractivity contribution is -0.140. The van der Waals surface area contributed by atoms with Gasteiger partial charge in [-0.05, 0) is 37.0 Å². The molecule has 0 bridgehead atoms. The number of carbonyl (C=O) groups is 4. The van der Waals surface area contributed by atoms with Crippen molar-refractivity contribution in [3.05, 3.63) is 29.8 Å². The number of hydrogen-bond acceptors (Lipinski definition) is 6. The summed E-state index contributed by atoms with van der Waals surface area (Å²) in [7, 11) is 0. The molecule has 1 aromatic carbocycles. The van der Waals surface area contributed by atoms with Gasteiger partial charge in [0.05, 0.1) is 12.6 Å². The summed E-state index contributed by atoms with van der Waals surface area (Å²) in [6, 6.07) is 4.81. The number of benzene rings is 1. The third-order valence-electron chi connectivity index (χ3n) is 4.41. The first-order chi connectivity index (χ1) is 13.3. The molecule has 1 fully saturated rings. The lowest BCUT2D eigenvalue weighted by Gasteiger charge is -2.26. The normalized spacial score (nSPS) is 17.0. The molecule has 0 aromatic heterocycles. The Kier molecular flexibility index (Phi) is 7.33. The molecule has 0 unspecified atom stereocenters. The van der Waals surface area contributed by atoms with E-state index in [1.165, 1.54) is 17.0 Å². The first kappa shape index (κ1) is 21.2. The number of aromatic hydroxyl groups is 1. The molecule has 1 aromatic rings. The number of nitrogens with zero attached hydrogens (tertiary/aromatic N) is 1. The molecule has 10 nitrogen and oxygen atoms in total. The SMILES string of the molecule is N[C@H](Cc1ccc(O)cc1)C(=O)N1CCC[C@H]1C(=O)NCC(=O)NCC(=O)O. The van der Waals surface area contributed by atoms with Crippen LogP contribution >= 0.6 is 0 Å². The van der Waals surface area contributed by atoms with Gasteiger partial charge >= 0.3 is 5.97 Å². The number of aliphatic carboxylic acids is 1. The van der Waals surface area contributed by atoms with E-state index in [1.54, 1.807) is 12.1 Å². The Morgan fingerprint density at radius 3 is 2.46 bits per heavy atom. The summed E-state index contributed by atoms with van der Waals surface area (Å²) >= 11 is 0. The van der Waals surface area contributed by atoms with E-state index in [0.29, 0.717) is 19.4 Å². The van der Waals surface area contributed by atoms with Crippen molar-refractivity contribution in [2.75, 3.05) is 19.6 Å². The van der Waals surface area contributed by atoms with Crippen LogP contribution in [0.15, 0.2) is 24.3 Å². The lowest BCUT2D eigenvalue weighted by atomic mass is 10.0. The highest BCUT2D eigenvalue weighted by Gasteiger charge is 2.36. The van der Waals surface area contributed by atoms with Crippen LogP contribution in [-0.4, -0.2) is 70.5 Å². The minimum Gasteiger partial charge on any atom is -0.508 e. The molecule has 10 heteroatoms. The molecule has 0 spiro atoms. The highest BCUT2D eigenvalue weighted by molar-refractivity contribution is 5.92. The summed E-state index contributed by atoms with van der Waals surface area (Å²) in [6.07, 6.45) is 1.36. The predicted molar refractivity (Wildman–Crippen MR) is 98.2 cm³/mol. The maximum Gasteiger partial charge on any atom is 0.322 e. The maximum atomic E-state index is 12.7. The van der Waals surface area contributed by atoms with Gasteiger partial charge in [-0.3, -0.25) is 19.2 Å². The monoisotopic (exact) mass is 392 g/mol. The molecule has 1 heterocycles. The summed E-state index contributed by atoms with van der Waals surface area (Å²) in [5.74, 6) is -2.54. The molecule has 3 amide bonds. The Morgan fingerprint density at radius 2 is 1.82 bits per heavy atom. The Balaban J connectivity index is 1.88. The Bertz CT molecular complexity index is 736. The number of likely N-dealkylation sites (tertiary alicyclic amines) is 1. The van der Waals surface area contributed by atoms with Gasteiger partial charge in [0.1, 0.15) is 18.3 Å². The Hall–Kier alpha value is -3.14. The van der Waals surface area contributed by atoms with Crippen LogP contribution in [0.5, 0.6) is 5.75 Å². The lowest BCUT2D eigenvalue weighted by Crippen LogP contribution is -2.52. The molecule has 1 aliphatic heterocycles. The smallest absolute Gasteiger partial charge is 0.322 e. The number of phenols is 1. The third kappa shape index (κ3) is 5.95. The van der Waals surface area contributed by atoms with E-state index in [0.717, 1.165) is 5.56 Å². The van der Waals surface area contributed by atoms with Crippen molar-refractivity contribution in [1.82, 2.24) is 15.5 Å². The molecule has 1 aliphatic rings. The van der Waals surface area contributed by atoms with Crippen LogP contribution < -0.4 is 16.4 Å². The van der Waals surface area contributed by atoms with Gasteiger partial charge in [-0.25, -0.2) is 0 Å². The molecule has 0 saturated carbocycles. The molecule has 0 radical (unpaired) electrons. The molecule has 152 valence electrons. The predicted octanol–water partition coefficient (Wildman–Crippen LogP) is -1.43. The first-order valence-corrected chi connectivity index (χ1v) is 8.88. The van der Waals surface area contributed by atoms with Gasteiger partial charge in [0, 0.05) is 6.54 Å². The second kappa shape index (κ2) is 9.70. The van der Waals surface area contributed by atoms with Gasteiger partial charge in [0.25, 0.3) is 0 Å². The summed E-state index contributed by atoms with van der Waals surface area (Å²) in [6.45, 7) is -0.509. The highest BCUT2D eigenvalue weighted by atomic mass is 16.4. The van der Waals surface area contributed by atoms with Crippen LogP contribution in [0.25, 0.3) is 0 Å². The molecule has 1 saturated heterocycles. The van der Waals surface area contributed by atoms with Crippen molar-refractivity contribution in [1.29, 1.82) is 0 Å². The van der Waals surface area contributed by atoms with E-state index < -0.39 is 36.4 Å². The fraction of sp³-hybridized carbons (Fsp3) is 0.444. The Morgan fingerprint density at radius 1 is 1.14 bits per heavy atom. The summed E-state index contributed by atoms with van der Waals surface area (Å²) in [5.41, 5.74) is 6.80. The van der Waals surface area contributed by atoms with Crippen molar-refractivity contribution in [2.24, 2.45) is 5.73 Å². The van der Waals surface area contributed by atoms with Crippen LogP contribution in [0.3, 0.4) is 0 Å². The number of amides is 3. The third-order valence-corrected chi connectivity index (χ3v) is 4.41. The van der Waals surface area contributed by atoms with Crippen molar-refractivity contribution in [3.8, 4) is 5.75 Å². The zero-order valence-electron chi connectivity index (χ0n) is 15.3. The minimum atomic E-state index is -1.19. The van der Waals surface area contributed by atoms with Crippen LogP contribution in [0.4, 0.5) is 0 Å². The number of nitrogens with two attached hydrogens (primary N) is 1. The number of rotatable bonds is 8. The number of hydrogen-bond donors (Lipinski definition) is 5. The van der Waals surface area contributed by atoms with Gasteiger partial charge < -0.3 is 31.5 Å². The number of carboxylic acids is 1. The van der Waals surface area contributed by atoms with E-state index >= 15 is 0 Å². The van der Waals surface area contributed by atoms with Crippen molar-refractivity contribution < 1.29 is 29.4 Å². The zero-order chi connectivity index (χ0) is 20.7. The van der Waals surface area contributed by atoms with Gasteiger partial charge in [-0.1, -0.05) is 12.1 Å². The van der Waals surface area contributed by atoms with E-state index in [9.17, 15) is 24.3 Å². The number of carbonyl (C=O) groups excluding carboxylic acids is 3. The quantitative estimate of drug-likeness (QED) is 0.362. The highest BCUT2D eigenvalue weighted by Crippen LogP contribution is 2.19. The molecule has 6 N–H and O–H groups in total. The van der Waals surface area contributed by atoms with Gasteiger partial charge in [0.2, 0.25) is 17.7 Å². The fourth-order valence-electron chi connectivity index (χ4n) is 3.01. The van der Waals surface area contributed by atoms with Gasteiger partial charge in [-0.2, -0.15) is 0 Å². The van der Waals surface area contributed by atoms with Crippen LogP contribution in [0.2, 0.25) is 0 Å². The van der Waals surface area contributed by atoms with Crippen LogP contribution in [0, 0.1) is 0 Å². The number of nitrogens with one attached hydrogen (secondary N) is 2. The summed E-state index contributed by atoms with van der Waals surface area (Å²) in [4.78, 5) is 48.4. The van der Waals surface area contributed by atoms with Gasteiger partial charge in [-0.15, -0.1) is 0 Å². The minimum absolute atomic E-state index is 0.118. The molecule has 0 aliphatic carbocycles. The largest absolute Gasteiger partial charge is 0.508 e. The summed E-state index contributed by atoms with van der Waals surface area (Å²) in [5, 5.41) is 22.4. The average molecular weight is 392 g/mol. The zero-order valence-corrected chi connectivity index (χ0v) is 15.3.